The molecule has 0 rings (SSSR count). The Labute approximate surface area is 198 Å². The first-order chi connectivity index (χ1) is 15.3. The smallest absolute Gasteiger partial charge is 0.397 e. The van der Waals surface area contributed by atoms with Crippen LogP contribution in [0, 0.1) is 11.3 Å². The largest absolute Gasteiger partial charge is 0.460 e. The van der Waals surface area contributed by atoms with Gasteiger partial charge in [-0.2, -0.15) is 65.9 Å². The van der Waals surface area contributed by atoms with Crippen LogP contribution < -0.4 is 0 Å². The Hall–Kier alpha value is -0.913. The molecule has 36 heavy (non-hydrogen) atoms. The zero-order valence-corrected chi connectivity index (χ0v) is 21.3. The summed E-state index contributed by atoms with van der Waals surface area (Å²) < 4.78 is 213. The number of hydrogen-bond acceptors (Lipinski definition) is 2. The Balaban J connectivity index is 7.55. The summed E-state index contributed by atoms with van der Waals surface area (Å²) in [5.74, 6) is -48.3. The van der Waals surface area contributed by atoms with Gasteiger partial charge in [-0.15, -0.1) is 0 Å². The van der Waals surface area contributed by atoms with Gasteiger partial charge in [0.05, 0.1) is 0 Å². The Bertz CT molecular complexity index is 777. The third-order valence-corrected chi connectivity index (χ3v) is 6.92. The van der Waals surface area contributed by atoms with Gasteiger partial charge in [-0.1, -0.05) is 27.7 Å². The average Bonchev–Trinajstić information content (AvgIpc) is 2.63. The molecule has 0 aliphatic carbocycles. The molecule has 0 aliphatic rings. The molecule has 0 aromatic rings. The van der Waals surface area contributed by atoms with E-state index in [0.717, 1.165) is 40.8 Å². The number of nitrogens with zero attached hydrogens (tertiary/aromatic N) is 1. The van der Waals surface area contributed by atoms with Crippen LogP contribution in [0.5, 0.6) is 0 Å². The second kappa shape index (κ2) is 9.38. The van der Waals surface area contributed by atoms with Gasteiger partial charge in [0.25, 0.3) is 0 Å². The van der Waals surface area contributed by atoms with Crippen LogP contribution in [0.2, 0.25) is 13.1 Å². The molecule has 0 aromatic carbocycles. The zero-order valence-electron chi connectivity index (χ0n) is 20.2. The first-order valence-electron chi connectivity index (χ1n) is 9.99. The summed E-state index contributed by atoms with van der Waals surface area (Å²) in [6.45, 7) is 5.94. The predicted molar refractivity (Wildman–Crippen MR) is 101 cm³/mol. The van der Waals surface area contributed by atoms with Gasteiger partial charge < -0.3 is 4.43 Å². The van der Waals surface area contributed by atoms with Crippen molar-refractivity contribution >= 4 is 9.04 Å². The second-order valence-corrected chi connectivity index (χ2v) is 11.9. The lowest BCUT2D eigenvalue weighted by molar-refractivity contribution is -0.467. The van der Waals surface area contributed by atoms with Crippen molar-refractivity contribution in [3.8, 4) is 0 Å². The van der Waals surface area contributed by atoms with Gasteiger partial charge in [-0.25, -0.2) is 0 Å². The van der Waals surface area contributed by atoms with Crippen molar-refractivity contribution in [3.63, 3.8) is 0 Å². The van der Waals surface area contributed by atoms with E-state index in [9.17, 15) is 57.1 Å². The van der Waals surface area contributed by atoms with Gasteiger partial charge in [0.15, 0.2) is 14.8 Å². The fraction of sp³-hybridized carbons (Fsp3) is 1.00. The van der Waals surface area contributed by atoms with E-state index in [2.05, 4.69) is 0 Å². The topological polar surface area (TPSA) is 12.5 Å². The summed E-state index contributed by atoms with van der Waals surface area (Å²) in [4.78, 5) is 0.116. The molecule has 18 heteroatoms. The van der Waals surface area contributed by atoms with Gasteiger partial charge in [0, 0.05) is 5.41 Å². The summed E-state index contributed by atoms with van der Waals surface area (Å²) in [5, 5.41) is 0. The highest BCUT2D eigenvalue weighted by Gasteiger charge is 2.95. The molecule has 1 unspecified atom stereocenters. The molecule has 0 aromatic heterocycles. The Morgan fingerprint density at radius 3 is 1.06 bits per heavy atom. The average molecular weight is 585 g/mol. The van der Waals surface area contributed by atoms with E-state index in [4.69, 9.17) is 4.43 Å². The molecule has 0 saturated heterocycles. The molecule has 218 valence electrons. The molecule has 2 nitrogen and oxygen atoms in total. The molecule has 0 amide bonds. The molecule has 0 heterocycles. The molecule has 0 radical (unpaired) electrons. The van der Waals surface area contributed by atoms with Gasteiger partial charge in [0.2, 0.25) is 0 Å². The van der Waals surface area contributed by atoms with Crippen molar-refractivity contribution in [3.05, 3.63) is 0 Å². The molecular weight excluding hydrogens is 559 g/mol. The predicted octanol–water partition coefficient (Wildman–Crippen LogP) is 7.30. The van der Waals surface area contributed by atoms with Crippen molar-refractivity contribution in [2.24, 2.45) is 11.3 Å². The molecule has 0 saturated carbocycles. The van der Waals surface area contributed by atoms with Gasteiger partial charge in [-0.05, 0) is 33.1 Å². The van der Waals surface area contributed by atoms with Crippen LogP contribution in [-0.2, 0) is 4.43 Å². The third-order valence-electron chi connectivity index (χ3n) is 6.11. The highest BCUT2D eigenvalue weighted by molar-refractivity contribution is 6.48. The van der Waals surface area contributed by atoms with Crippen molar-refractivity contribution in [2.75, 3.05) is 14.1 Å². The minimum absolute atomic E-state index is 0.116. The Morgan fingerprint density at radius 1 is 0.556 bits per heavy atom. The number of alkyl halides is 15. The summed E-state index contributed by atoms with van der Waals surface area (Å²) in [5.41, 5.74) is -6.36. The first-order valence-corrected chi connectivity index (χ1v) is 12.8. The van der Waals surface area contributed by atoms with Crippen LogP contribution in [0.15, 0.2) is 0 Å². The van der Waals surface area contributed by atoms with E-state index < -0.39 is 67.8 Å². The summed E-state index contributed by atoms with van der Waals surface area (Å²) in [7, 11) is -1.87. The van der Waals surface area contributed by atoms with Crippen LogP contribution in [0.3, 0.4) is 0 Å². The normalized spacial score (nSPS) is 17.8. The molecular formula is C18H26F15NOSi. The van der Waals surface area contributed by atoms with Gasteiger partial charge >= 0.3 is 41.7 Å². The molecule has 0 aliphatic heterocycles. The fourth-order valence-electron chi connectivity index (χ4n) is 3.50. The lowest BCUT2D eigenvalue weighted by atomic mass is 9.66. The molecule has 0 bridgehead atoms. The van der Waals surface area contributed by atoms with E-state index in [0.29, 0.717) is 14.1 Å². The van der Waals surface area contributed by atoms with Crippen molar-refractivity contribution in [2.45, 2.75) is 88.2 Å². The van der Waals surface area contributed by atoms with E-state index in [1.165, 1.54) is 0 Å². The lowest BCUT2D eigenvalue weighted by Gasteiger charge is -2.58. The fourth-order valence-corrected chi connectivity index (χ4v) is 4.85. The van der Waals surface area contributed by atoms with Crippen molar-refractivity contribution in [1.29, 1.82) is 0 Å². The molecule has 0 N–H and O–H groups in total. The van der Waals surface area contributed by atoms with E-state index >= 15 is 8.78 Å². The molecule has 1 atom stereocenters. The number of halogens is 15. The number of hydrogen-bond donors (Lipinski definition) is 0. The van der Waals surface area contributed by atoms with E-state index in [1.807, 2.05) is 0 Å². The van der Waals surface area contributed by atoms with Gasteiger partial charge in [0.1, 0.15) is 0 Å². The third kappa shape index (κ3) is 4.39. The quantitative estimate of drug-likeness (QED) is 0.143. The SMILES string of the molecule is CC(C)C(C)(C)C(O[SiH](C)C)(N(C)C)C(F)(F)C(F)(F)C(F)(F)C(F)(F)C(F)(F)C(F)(F)C(F)(F)F. The molecule has 0 fully saturated rings. The summed E-state index contributed by atoms with van der Waals surface area (Å²) in [6, 6.07) is 0. The number of rotatable bonds is 11. The lowest BCUT2D eigenvalue weighted by Crippen LogP contribution is -2.80. The van der Waals surface area contributed by atoms with Crippen LogP contribution in [0.1, 0.15) is 27.7 Å². The zero-order chi connectivity index (χ0) is 29.9. The maximum atomic E-state index is 15.6. The van der Waals surface area contributed by atoms with E-state index in [1.54, 1.807) is 0 Å². The Morgan fingerprint density at radius 2 is 0.833 bits per heavy atom. The Kier molecular flexibility index (Phi) is 9.14. The summed E-state index contributed by atoms with van der Waals surface area (Å²) >= 11 is 0. The maximum Gasteiger partial charge on any atom is 0.460 e. The highest BCUT2D eigenvalue weighted by Crippen LogP contribution is 2.66. The standard InChI is InChI=1S/C18H26F15NOSi/c1-9(2)10(3,4)17(34(5)6,35-36(7)8)15(27,28)13(23,24)11(19,20)12(21,22)14(25,26)16(29,30)18(31,32)33/h9,36H,1-8H3. The minimum atomic E-state index is -8.35. The van der Waals surface area contributed by atoms with Crippen LogP contribution in [0.25, 0.3) is 0 Å². The van der Waals surface area contributed by atoms with Crippen LogP contribution in [-0.4, -0.2) is 75.5 Å². The molecule has 0 spiro atoms. The van der Waals surface area contributed by atoms with Crippen LogP contribution >= 0.6 is 0 Å². The minimum Gasteiger partial charge on any atom is -0.397 e. The highest BCUT2D eigenvalue weighted by atomic mass is 28.3. The second-order valence-electron chi connectivity index (χ2n) is 9.53. The monoisotopic (exact) mass is 585 g/mol. The van der Waals surface area contributed by atoms with E-state index in [-0.39, 0.29) is 4.90 Å². The summed E-state index contributed by atoms with van der Waals surface area (Å²) in [6.07, 6.45) is -7.65. The van der Waals surface area contributed by atoms with Crippen LogP contribution in [0.4, 0.5) is 65.9 Å². The van der Waals surface area contributed by atoms with Crippen molar-refractivity contribution in [1.82, 2.24) is 4.90 Å². The van der Waals surface area contributed by atoms with Gasteiger partial charge in [-0.3, -0.25) is 4.90 Å². The first kappa shape index (κ1) is 35.1. The van der Waals surface area contributed by atoms with Crippen molar-refractivity contribution < 1.29 is 70.3 Å². The maximum absolute atomic E-state index is 15.6.